The number of fused-ring (bicyclic) bond motifs is 1. The Kier molecular flexibility index (Phi) is 6.27. The molecule has 0 saturated carbocycles. The molecule has 4 rings (SSSR count). The van der Waals surface area contributed by atoms with E-state index in [1.54, 1.807) is 0 Å². The van der Waals surface area contributed by atoms with E-state index in [1.165, 1.54) is 55.8 Å². The van der Waals surface area contributed by atoms with Gasteiger partial charge in [-0.15, -0.1) is 0 Å². The molecule has 4 nitrogen and oxygen atoms in total. The summed E-state index contributed by atoms with van der Waals surface area (Å²) >= 11 is 0. The van der Waals surface area contributed by atoms with E-state index in [9.17, 15) is 0 Å². The standard InChI is InChI=1S/C24H31N3O/c1-2-20-11-13-21(14-12-20)28-19-18-27-23-9-4-3-8-22(23)25-24(27)10-7-17-26-15-5-6-16-26/h3-4,8-9,11-14H,2,5-7,10,15-19H2,1H3. The van der Waals surface area contributed by atoms with Gasteiger partial charge in [-0.2, -0.15) is 0 Å². The van der Waals surface area contributed by atoms with Crippen molar-refractivity contribution in [3.63, 3.8) is 0 Å². The van der Waals surface area contributed by atoms with Gasteiger partial charge < -0.3 is 14.2 Å². The van der Waals surface area contributed by atoms with E-state index in [-0.39, 0.29) is 0 Å². The molecule has 0 atom stereocenters. The minimum atomic E-state index is 0.658. The lowest BCUT2D eigenvalue weighted by atomic mass is 10.2. The number of likely N-dealkylation sites (tertiary alicyclic amines) is 1. The zero-order valence-electron chi connectivity index (χ0n) is 16.9. The molecule has 0 unspecified atom stereocenters. The second-order valence-corrected chi connectivity index (χ2v) is 7.67. The van der Waals surface area contributed by atoms with Gasteiger partial charge in [-0.05, 0) is 75.1 Å². The summed E-state index contributed by atoms with van der Waals surface area (Å²) in [5, 5.41) is 0. The molecule has 1 aromatic heterocycles. The van der Waals surface area contributed by atoms with Crippen molar-refractivity contribution in [1.82, 2.24) is 14.5 Å². The summed E-state index contributed by atoms with van der Waals surface area (Å²) in [6, 6.07) is 16.9. The Labute approximate surface area is 168 Å². The van der Waals surface area contributed by atoms with E-state index in [4.69, 9.17) is 9.72 Å². The Balaban J connectivity index is 1.40. The van der Waals surface area contributed by atoms with E-state index >= 15 is 0 Å². The van der Waals surface area contributed by atoms with E-state index in [1.807, 2.05) is 0 Å². The van der Waals surface area contributed by atoms with Crippen LogP contribution in [0, 0.1) is 0 Å². The fourth-order valence-electron chi connectivity index (χ4n) is 4.11. The molecule has 148 valence electrons. The lowest BCUT2D eigenvalue weighted by Crippen LogP contribution is -2.21. The molecule has 1 aliphatic rings. The highest BCUT2D eigenvalue weighted by Gasteiger charge is 2.13. The van der Waals surface area contributed by atoms with Gasteiger partial charge in [0, 0.05) is 6.42 Å². The van der Waals surface area contributed by atoms with Gasteiger partial charge >= 0.3 is 0 Å². The number of nitrogens with zero attached hydrogens (tertiary/aromatic N) is 3. The van der Waals surface area contributed by atoms with Crippen LogP contribution in [0.1, 0.15) is 37.6 Å². The predicted octanol–water partition coefficient (Wildman–Crippen LogP) is 4.71. The largest absolute Gasteiger partial charge is 0.492 e. The van der Waals surface area contributed by atoms with Crippen molar-refractivity contribution in [3.05, 3.63) is 59.9 Å². The molecule has 1 fully saturated rings. The number of para-hydroxylation sites is 2. The van der Waals surface area contributed by atoms with E-state index in [2.05, 4.69) is 64.9 Å². The predicted molar refractivity (Wildman–Crippen MR) is 115 cm³/mol. The van der Waals surface area contributed by atoms with Crippen molar-refractivity contribution in [1.29, 1.82) is 0 Å². The minimum absolute atomic E-state index is 0.658. The van der Waals surface area contributed by atoms with E-state index in [0.717, 1.165) is 30.7 Å². The summed E-state index contributed by atoms with van der Waals surface area (Å²) in [6.45, 7) is 7.37. The van der Waals surface area contributed by atoms with Crippen LogP contribution in [0.15, 0.2) is 48.5 Å². The average molecular weight is 378 g/mol. The first-order valence-electron chi connectivity index (χ1n) is 10.7. The number of benzene rings is 2. The summed E-state index contributed by atoms with van der Waals surface area (Å²) in [6.07, 6.45) is 5.96. The molecule has 2 aromatic carbocycles. The van der Waals surface area contributed by atoms with E-state index < -0.39 is 0 Å². The van der Waals surface area contributed by atoms with Crippen LogP contribution in [0.25, 0.3) is 11.0 Å². The van der Waals surface area contributed by atoms with Gasteiger partial charge in [-0.1, -0.05) is 31.2 Å². The van der Waals surface area contributed by atoms with Crippen molar-refractivity contribution in [3.8, 4) is 5.75 Å². The second-order valence-electron chi connectivity index (χ2n) is 7.67. The van der Waals surface area contributed by atoms with Crippen molar-refractivity contribution in [2.45, 2.75) is 45.6 Å². The van der Waals surface area contributed by atoms with E-state index in [0.29, 0.717) is 6.61 Å². The Morgan fingerprint density at radius 2 is 1.75 bits per heavy atom. The van der Waals surface area contributed by atoms with Crippen LogP contribution in [0.4, 0.5) is 0 Å². The number of imidazole rings is 1. The highest BCUT2D eigenvalue weighted by atomic mass is 16.5. The van der Waals surface area contributed by atoms with Gasteiger partial charge in [0.15, 0.2) is 0 Å². The molecule has 0 bridgehead atoms. The maximum Gasteiger partial charge on any atom is 0.119 e. The number of hydrogen-bond acceptors (Lipinski definition) is 3. The lowest BCUT2D eigenvalue weighted by molar-refractivity contribution is 0.296. The first-order valence-corrected chi connectivity index (χ1v) is 10.7. The fourth-order valence-corrected chi connectivity index (χ4v) is 4.11. The van der Waals surface area contributed by atoms with Crippen molar-refractivity contribution >= 4 is 11.0 Å². The molecular formula is C24H31N3O. The maximum absolute atomic E-state index is 6.01. The molecule has 0 amide bonds. The molecule has 4 heteroatoms. The van der Waals surface area contributed by atoms with Crippen molar-refractivity contribution in [2.75, 3.05) is 26.2 Å². The normalized spacial score (nSPS) is 14.8. The van der Waals surface area contributed by atoms with Crippen LogP contribution < -0.4 is 4.74 Å². The minimum Gasteiger partial charge on any atom is -0.492 e. The highest BCUT2D eigenvalue weighted by Crippen LogP contribution is 2.19. The van der Waals surface area contributed by atoms with Gasteiger partial charge in [0.1, 0.15) is 18.2 Å². The first-order chi connectivity index (χ1) is 13.8. The number of hydrogen-bond donors (Lipinski definition) is 0. The molecule has 1 saturated heterocycles. The lowest BCUT2D eigenvalue weighted by Gasteiger charge is -2.15. The summed E-state index contributed by atoms with van der Waals surface area (Å²) in [5.41, 5.74) is 3.64. The highest BCUT2D eigenvalue weighted by molar-refractivity contribution is 5.75. The SMILES string of the molecule is CCc1ccc(OCCn2c(CCCN3CCCC3)nc3ccccc32)cc1. The van der Waals surface area contributed by atoms with Gasteiger partial charge in [0.05, 0.1) is 17.6 Å². The number of aromatic nitrogens is 2. The molecule has 2 heterocycles. The average Bonchev–Trinajstić information content (AvgIpc) is 3.37. The van der Waals surface area contributed by atoms with Crippen LogP contribution >= 0.6 is 0 Å². The van der Waals surface area contributed by atoms with Crippen LogP contribution in [0.2, 0.25) is 0 Å². The maximum atomic E-state index is 6.01. The van der Waals surface area contributed by atoms with Crippen molar-refractivity contribution in [2.24, 2.45) is 0 Å². The number of aryl methyl sites for hydroxylation is 2. The van der Waals surface area contributed by atoms with Crippen LogP contribution in [-0.4, -0.2) is 40.7 Å². The van der Waals surface area contributed by atoms with Crippen LogP contribution in [-0.2, 0) is 19.4 Å². The third kappa shape index (κ3) is 4.56. The molecule has 28 heavy (non-hydrogen) atoms. The quantitative estimate of drug-likeness (QED) is 0.541. The monoisotopic (exact) mass is 377 g/mol. The summed E-state index contributed by atoms with van der Waals surface area (Å²) in [7, 11) is 0. The van der Waals surface area contributed by atoms with Crippen LogP contribution in [0.5, 0.6) is 5.75 Å². The third-order valence-electron chi connectivity index (χ3n) is 5.72. The second kappa shape index (κ2) is 9.24. The molecule has 0 N–H and O–H groups in total. The number of ether oxygens (including phenoxy) is 1. The zero-order valence-corrected chi connectivity index (χ0v) is 16.9. The Morgan fingerprint density at radius 1 is 0.964 bits per heavy atom. The molecular weight excluding hydrogens is 346 g/mol. The van der Waals surface area contributed by atoms with Crippen LogP contribution in [0.3, 0.4) is 0 Å². The summed E-state index contributed by atoms with van der Waals surface area (Å²) in [4.78, 5) is 7.49. The van der Waals surface area contributed by atoms with Gasteiger partial charge in [0.25, 0.3) is 0 Å². The van der Waals surface area contributed by atoms with Gasteiger partial charge in [-0.25, -0.2) is 4.98 Å². The summed E-state index contributed by atoms with van der Waals surface area (Å²) in [5.74, 6) is 2.13. The first kappa shape index (κ1) is 19.0. The fraction of sp³-hybridized carbons (Fsp3) is 0.458. The molecule has 1 aliphatic heterocycles. The molecule has 0 radical (unpaired) electrons. The third-order valence-corrected chi connectivity index (χ3v) is 5.72. The zero-order chi connectivity index (χ0) is 19.2. The van der Waals surface area contributed by atoms with Crippen molar-refractivity contribution < 1.29 is 4.74 Å². The molecule has 3 aromatic rings. The topological polar surface area (TPSA) is 30.3 Å². The van der Waals surface area contributed by atoms with Gasteiger partial charge in [-0.3, -0.25) is 0 Å². The smallest absolute Gasteiger partial charge is 0.119 e. The Bertz CT molecular complexity index is 879. The van der Waals surface area contributed by atoms with Gasteiger partial charge in [0.2, 0.25) is 0 Å². The molecule has 0 aliphatic carbocycles. The summed E-state index contributed by atoms with van der Waals surface area (Å²) < 4.78 is 8.36. The Morgan fingerprint density at radius 3 is 2.54 bits per heavy atom. The molecule has 0 spiro atoms. The Hall–Kier alpha value is -2.33. The number of rotatable bonds is 9.